The van der Waals surface area contributed by atoms with Gasteiger partial charge in [-0.3, -0.25) is 0 Å². The maximum Gasteiger partial charge on any atom is 0.164 e. The lowest BCUT2D eigenvalue weighted by molar-refractivity contribution is 0.0810. The molecule has 98 valence electrons. The molecule has 2 aromatic heterocycles. The third-order valence-electron chi connectivity index (χ3n) is 2.58. The molecule has 0 bridgehead atoms. The SMILES string of the molecule is C[Si](C)(C)CCOCn1nc(Br)c2cncnc21. The Balaban J connectivity index is 2.00. The molecular formula is C11H17BrN4OSi. The lowest BCUT2D eigenvalue weighted by Gasteiger charge is -2.15. The highest BCUT2D eigenvalue weighted by Gasteiger charge is 2.13. The summed E-state index contributed by atoms with van der Waals surface area (Å²) in [7, 11) is -1.03. The van der Waals surface area contributed by atoms with Gasteiger partial charge >= 0.3 is 0 Å². The summed E-state index contributed by atoms with van der Waals surface area (Å²) in [6.07, 6.45) is 3.27. The molecule has 0 N–H and O–H groups in total. The van der Waals surface area contributed by atoms with Gasteiger partial charge in [0.05, 0.1) is 5.39 Å². The average Bonchev–Trinajstić information content (AvgIpc) is 2.62. The van der Waals surface area contributed by atoms with Crippen LogP contribution in [0.2, 0.25) is 25.7 Å². The number of rotatable bonds is 5. The van der Waals surface area contributed by atoms with Gasteiger partial charge in [-0.05, 0) is 22.0 Å². The number of aromatic nitrogens is 4. The molecular weight excluding hydrogens is 312 g/mol. The molecule has 0 fully saturated rings. The first-order valence-corrected chi connectivity index (χ1v) is 10.4. The number of halogens is 1. The molecule has 0 spiro atoms. The van der Waals surface area contributed by atoms with Crippen LogP contribution in [0.4, 0.5) is 0 Å². The fourth-order valence-electron chi connectivity index (χ4n) is 1.50. The quantitative estimate of drug-likeness (QED) is 0.625. The molecule has 2 heterocycles. The van der Waals surface area contributed by atoms with Crippen molar-refractivity contribution in [3.05, 3.63) is 17.1 Å². The summed E-state index contributed by atoms with van der Waals surface area (Å²) in [5, 5.41) is 5.25. The van der Waals surface area contributed by atoms with Crippen molar-refractivity contribution >= 4 is 35.0 Å². The molecule has 0 aliphatic carbocycles. The van der Waals surface area contributed by atoms with Crippen molar-refractivity contribution in [2.75, 3.05) is 6.61 Å². The van der Waals surface area contributed by atoms with E-state index in [1.807, 2.05) is 0 Å². The molecule has 0 radical (unpaired) electrons. The highest BCUT2D eigenvalue weighted by molar-refractivity contribution is 9.10. The van der Waals surface area contributed by atoms with Gasteiger partial charge in [0.25, 0.3) is 0 Å². The first-order valence-electron chi connectivity index (χ1n) is 5.87. The third-order valence-corrected chi connectivity index (χ3v) is 4.87. The summed E-state index contributed by atoms with van der Waals surface area (Å²) in [5.74, 6) is 0. The fourth-order valence-corrected chi connectivity index (χ4v) is 2.73. The molecule has 5 nitrogen and oxygen atoms in total. The van der Waals surface area contributed by atoms with Crippen LogP contribution < -0.4 is 0 Å². The van der Waals surface area contributed by atoms with Crippen LogP contribution in [0.15, 0.2) is 17.1 Å². The Morgan fingerprint density at radius 2 is 2.17 bits per heavy atom. The second-order valence-corrected chi connectivity index (χ2v) is 11.8. The maximum absolute atomic E-state index is 5.67. The lowest BCUT2D eigenvalue weighted by Crippen LogP contribution is -2.22. The van der Waals surface area contributed by atoms with E-state index >= 15 is 0 Å². The lowest BCUT2D eigenvalue weighted by atomic mass is 10.4. The van der Waals surface area contributed by atoms with Crippen molar-refractivity contribution in [1.82, 2.24) is 19.7 Å². The summed E-state index contributed by atoms with van der Waals surface area (Å²) >= 11 is 3.40. The zero-order valence-electron chi connectivity index (χ0n) is 10.9. The second-order valence-electron chi connectivity index (χ2n) is 5.40. The van der Waals surface area contributed by atoms with Crippen molar-refractivity contribution in [2.45, 2.75) is 32.4 Å². The molecule has 0 amide bonds. The van der Waals surface area contributed by atoms with Crippen LogP contribution in [0.3, 0.4) is 0 Å². The van der Waals surface area contributed by atoms with Crippen LogP contribution in [0.5, 0.6) is 0 Å². The van der Waals surface area contributed by atoms with E-state index in [9.17, 15) is 0 Å². The molecule has 2 aromatic rings. The molecule has 0 unspecified atom stereocenters. The van der Waals surface area contributed by atoms with Gasteiger partial charge in [0, 0.05) is 20.9 Å². The first-order chi connectivity index (χ1) is 8.47. The zero-order chi connectivity index (χ0) is 13.2. The topological polar surface area (TPSA) is 52.8 Å². The Bertz CT molecular complexity index is 537. The van der Waals surface area contributed by atoms with Crippen LogP contribution in [-0.4, -0.2) is 34.4 Å². The number of hydrogen-bond donors (Lipinski definition) is 0. The van der Waals surface area contributed by atoms with Gasteiger partial charge in [0.15, 0.2) is 5.65 Å². The Morgan fingerprint density at radius 3 is 2.89 bits per heavy atom. The fraction of sp³-hybridized carbons (Fsp3) is 0.545. The van der Waals surface area contributed by atoms with Crippen LogP contribution in [0.1, 0.15) is 0 Å². The van der Waals surface area contributed by atoms with Crippen molar-refractivity contribution in [2.24, 2.45) is 0 Å². The molecule has 0 saturated heterocycles. The predicted molar refractivity (Wildman–Crippen MR) is 77.1 cm³/mol. The maximum atomic E-state index is 5.67. The van der Waals surface area contributed by atoms with E-state index in [0.29, 0.717) is 6.73 Å². The van der Waals surface area contributed by atoms with Gasteiger partial charge < -0.3 is 4.74 Å². The summed E-state index contributed by atoms with van der Waals surface area (Å²) in [4.78, 5) is 8.20. The summed E-state index contributed by atoms with van der Waals surface area (Å²) in [6, 6.07) is 1.16. The molecule has 0 aliphatic heterocycles. The van der Waals surface area contributed by atoms with Crippen molar-refractivity contribution in [3.8, 4) is 0 Å². The van der Waals surface area contributed by atoms with E-state index in [4.69, 9.17) is 4.74 Å². The standard InChI is InChI=1S/C11H17BrN4OSi/c1-18(2,3)5-4-17-8-16-11-9(10(12)15-16)6-13-7-14-11/h6-7H,4-5,8H2,1-3H3. The van der Waals surface area contributed by atoms with E-state index in [1.54, 1.807) is 10.9 Å². The van der Waals surface area contributed by atoms with Gasteiger partial charge in [0.2, 0.25) is 0 Å². The average molecular weight is 329 g/mol. The minimum Gasteiger partial charge on any atom is -0.359 e. The van der Waals surface area contributed by atoms with E-state index in [-0.39, 0.29) is 0 Å². The predicted octanol–water partition coefficient (Wildman–Crippen LogP) is 2.90. The Kier molecular flexibility index (Phi) is 4.13. The van der Waals surface area contributed by atoms with Crippen molar-refractivity contribution in [3.63, 3.8) is 0 Å². The molecule has 0 saturated carbocycles. The highest BCUT2D eigenvalue weighted by atomic mass is 79.9. The van der Waals surface area contributed by atoms with Gasteiger partial charge in [-0.2, -0.15) is 5.10 Å². The van der Waals surface area contributed by atoms with E-state index < -0.39 is 8.07 Å². The largest absolute Gasteiger partial charge is 0.359 e. The van der Waals surface area contributed by atoms with Crippen molar-refractivity contribution in [1.29, 1.82) is 0 Å². The number of fused-ring (bicyclic) bond motifs is 1. The van der Waals surface area contributed by atoms with Gasteiger partial charge in [-0.15, -0.1) is 0 Å². The molecule has 0 atom stereocenters. The van der Waals surface area contributed by atoms with Gasteiger partial charge in [0.1, 0.15) is 17.7 Å². The van der Waals surface area contributed by atoms with Gasteiger partial charge in [-0.25, -0.2) is 14.6 Å². The number of ether oxygens (including phenoxy) is 1. The molecule has 2 rings (SSSR count). The molecule has 0 aromatic carbocycles. The molecule has 7 heteroatoms. The minimum absolute atomic E-state index is 0.434. The smallest absolute Gasteiger partial charge is 0.164 e. The Morgan fingerprint density at radius 1 is 1.39 bits per heavy atom. The summed E-state index contributed by atoms with van der Waals surface area (Å²) in [6.45, 7) is 8.22. The van der Waals surface area contributed by atoms with E-state index in [1.165, 1.54) is 6.33 Å². The third kappa shape index (κ3) is 3.36. The second kappa shape index (κ2) is 5.46. The summed E-state index contributed by atoms with van der Waals surface area (Å²) in [5.41, 5.74) is 0.796. The Labute approximate surface area is 116 Å². The zero-order valence-corrected chi connectivity index (χ0v) is 13.4. The van der Waals surface area contributed by atoms with Crippen LogP contribution in [0.25, 0.3) is 11.0 Å². The molecule has 0 aliphatic rings. The van der Waals surface area contributed by atoms with Crippen LogP contribution >= 0.6 is 15.9 Å². The first kappa shape index (κ1) is 13.6. The summed E-state index contributed by atoms with van der Waals surface area (Å²) < 4.78 is 8.18. The molecule has 18 heavy (non-hydrogen) atoms. The Hall–Kier alpha value is -0.793. The number of hydrogen-bond acceptors (Lipinski definition) is 4. The van der Waals surface area contributed by atoms with Crippen molar-refractivity contribution < 1.29 is 4.74 Å². The normalized spacial score (nSPS) is 12.2. The van der Waals surface area contributed by atoms with E-state index in [0.717, 1.165) is 28.3 Å². The minimum atomic E-state index is -1.03. The number of nitrogens with zero attached hydrogens (tertiary/aromatic N) is 4. The van der Waals surface area contributed by atoms with Gasteiger partial charge in [-0.1, -0.05) is 19.6 Å². The van der Waals surface area contributed by atoms with Crippen LogP contribution in [0, 0.1) is 0 Å². The van der Waals surface area contributed by atoms with E-state index in [2.05, 4.69) is 50.6 Å². The highest BCUT2D eigenvalue weighted by Crippen LogP contribution is 2.20. The monoisotopic (exact) mass is 328 g/mol. The van der Waals surface area contributed by atoms with Crippen LogP contribution in [-0.2, 0) is 11.5 Å².